The Hall–Kier alpha value is -1.72. The first-order valence-electron chi connectivity index (χ1n) is 10.1. The van der Waals surface area contributed by atoms with Crippen molar-refractivity contribution >= 4 is 0 Å². The van der Waals surface area contributed by atoms with E-state index in [0.717, 1.165) is 11.1 Å². The molecule has 0 aliphatic carbocycles. The lowest BCUT2D eigenvalue weighted by Crippen LogP contribution is -2.40. The fourth-order valence-electron chi connectivity index (χ4n) is 3.31. The van der Waals surface area contributed by atoms with Gasteiger partial charge in [-0.05, 0) is 11.1 Å². The van der Waals surface area contributed by atoms with Crippen LogP contribution in [-0.2, 0) is 22.7 Å². The van der Waals surface area contributed by atoms with E-state index in [9.17, 15) is 10.2 Å². The van der Waals surface area contributed by atoms with Gasteiger partial charge in [0.25, 0.3) is 0 Å². The van der Waals surface area contributed by atoms with Gasteiger partial charge in [-0.15, -0.1) is 0 Å². The molecule has 0 fully saturated rings. The van der Waals surface area contributed by atoms with Crippen molar-refractivity contribution in [3.8, 4) is 0 Å². The summed E-state index contributed by atoms with van der Waals surface area (Å²) in [6.07, 6.45) is -1.27. The lowest BCUT2D eigenvalue weighted by Gasteiger charge is -2.31. The molecule has 4 atom stereocenters. The van der Waals surface area contributed by atoms with Crippen molar-refractivity contribution in [3.05, 3.63) is 71.8 Å². The van der Waals surface area contributed by atoms with Crippen LogP contribution in [0.5, 0.6) is 0 Å². The van der Waals surface area contributed by atoms with Crippen LogP contribution >= 0.6 is 0 Å². The standard InChI is InChI=1S/C24H34O4/c1-18(14-27-16-21-10-6-4-7-11-21)23(25)20(3)24(26)19(2)15-28-17-22-12-8-5-9-13-22/h4-13,18-20,23-26H,14-17H2,1-3H3/t18-,19-,23-,24-/m0/s1. The van der Waals surface area contributed by atoms with Crippen molar-refractivity contribution in [2.24, 2.45) is 17.8 Å². The maximum Gasteiger partial charge on any atom is 0.0717 e. The van der Waals surface area contributed by atoms with Gasteiger partial charge in [-0.2, -0.15) is 0 Å². The van der Waals surface area contributed by atoms with Gasteiger partial charge in [0.2, 0.25) is 0 Å². The first-order valence-corrected chi connectivity index (χ1v) is 10.1. The summed E-state index contributed by atoms with van der Waals surface area (Å²) in [7, 11) is 0. The fourth-order valence-corrected chi connectivity index (χ4v) is 3.31. The molecule has 0 saturated carbocycles. The minimum Gasteiger partial charge on any atom is -0.392 e. The number of benzene rings is 2. The quantitative estimate of drug-likeness (QED) is 0.578. The van der Waals surface area contributed by atoms with Gasteiger partial charge in [-0.25, -0.2) is 0 Å². The molecular formula is C24H34O4. The molecule has 154 valence electrons. The molecule has 0 aliphatic heterocycles. The van der Waals surface area contributed by atoms with Crippen LogP contribution in [0.2, 0.25) is 0 Å². The maximum absolute atomic E-state index is 10.6. The average Bonchev–Trinajstić information content (AvgIpc) is 2.73. The second-order valence-corrected chi connectivity index (χ2v) is 7.80. The van der Waals surface area contributed by atoms with E-state index in [1.807, 2.05) is 81.4 Å². The summed E-state index contributed by atoms with van der Waals surface area (Å²) < 4.78 is 11.5. The zero-order valence-corrected chi connectivity index (χ0v) is 17.2. The lowest BCUT2D eigenvalue weighted by atomic mass is 9.85. The molecule has 2 aromatic carbocycles. The normalized spacial score (nSPS) is 15.9. The summed E-state index contributed by atoms with van der Waals surface area (Å²) >= 11 is 0. The molecule has 0 spiro atoms. The van der Waals surface area contributed by atoms with Gasteiger partial charge in [0, 0.05) is 17.8 Å². The van der Waals surface area contributed by atoms with Gasteiger partial charge in [0.1, 0.15) is 0 Å². The third-order valence-corrected chi connectivity index (χ3v) is 5.23. The predicted octanol–water partition coefficient (Wildman–Crippen LogP) is 4.05. The van der Waals surface area contributed by atoms with Crippen molar-refractivity contribution in [1.82, 2.24) is 0 Å². The first kappa shape index (κ1) is 22.6. The second-order valence-electron chi connectivity index (χ2n) is 7.80. The number of hydrogen-bond acceptors (Lipinski definition) is 4. The smallest absolute Gasteiger partial charge is 0.0717 e. The monoisotopic (exact) mass is 386 g/mol. The molecule has 0 bridgehead atoms. The van der Waals surface area contributed by atoms with Crippen LogP contribution in [0.4, 0.5) is 0 Å². The van der Waals surface area contributed by atoms with E-state index in [2.05, 4.69) is 0 Å². The number of hydrogen-bond donors (Lipinski definition) is 2. The predicted molar refractivity (Wildman–Crippen MR) is 112 cm³/mol. The zero-order chi connectivity index (χ0) is 20.4. The third kappa shape index (κ3) is 7.36. The molecule has 2 rings (SSSR count). The van der Waals surface area contributed by atoms with Gasteiger partial charge < -0.3 is 19.7 Å². The first-order chi connectivity index (χ1) is 13.5. The van der Waals surface area contributed by atoms with Crippen LogP contribution < -0.4 is 0 Å². The molecule has 0 heterocycles. The molecule has 0 saturated heterocycles. The third-order valence-electron chi connectivity index (χ3n) is 5.23. The molecule has 0 unspecified atom stereocenters. The largest absolute Gasteiger partial charge is 0.392 e. The molecular weight excluding hydrogens is 352 g/mol. The van der Waals surface area contributed by atoms with Gasteiger partial charge in [0.15, 0.2) is 0 Å². The fraction of sp³-hybridized carbons (Fsp3) is 0.500. The highest BCUT2D eigenvalue weighted by Gasteiger charge is 2.30. The van der Waals surface area contributed by atoms with Gasteiger partial charge in [-0.1, -0.05) is 81.4 Å². The Bertz CT molecular complexity index is 589. The summed E-state index contributed by atoms with van der Waals surface area (Å²) in [5.41, 5.74) is 2.22. The van der Waals surface area contributed by atoms with Gasteiger partial charge >= 0.3 is 0 Å². The molecule has 4 nitrogen and oxygen atoms in total. The van der Waals surface area contributed by atoms with Crippen LogP contribution in [0.3, 0.4) is 0 Å². The van der Waals surface area contributed by atoms with Crippen LogP contribution in [0.15, 0.2) is 60.7 Å². The van der Waals surface area contributed by atoms with Gasteiger partial charge in [0.05, 0.1) is 38.6 Å². The van der Waals surface area contributed by atoms with Crippen LogP contribution in [0, 0.1) is 17.8 Å². The average molecular weight is 387 g/mol. The Labute approximate surface area is 169 Å². The lowest BCUT2D eigenvalue weighted by molar-refractivity contribution is -0.0628. The molecule has 0 amide bonds. The second kappa shape index (κ2) is 12.0. The minimum absolute atomic E-state index is 0.0641. The van der Waals surface area contributed by atoms with Crippen molar-refractivity contribution in [2.75, 3.05) is 13.2 Å². The maximum atomic E-state index is 10.6. The van der Waals surface area contributed by atoms with Crippen molar-refractivity contribution in [2.45, 2.75) is 46.2 Å². The zero-order valence-electron chi connectivity index (χ0n) is 17.2. The number of ether oxygens (including phenoxy) is 2. The highest BCUT2D eigenvalue weighted by atomic mass is 16.5. The molecule has 28 heavy (non-hydrogen) atoms. The molecule has 2 aromatic rings. The summed E-state index contributed by atoms with van der Waals surface area (Å²) in [5, 5.41) is 21.3. The molecule has 2 N–H and O–H groups in total. The highest BCUT2D eigenvalue weighted by Crippen LogP contribution is 2.22. The van der Waals surface area contributed by atoms with E-state index >= 15 is 0 Å². The Morgan fingerprint density at radius 3 is 1.36 bits per heavy atom. The van der Waals surface area contributed by atoms with E-state index in [4.69, 9.17) is 9.47 Å². The Morgan fingerprint density at radius 1 is 0.643 bits per heavy atom. The van der Waals surface area contributed by atoms with E-state index in [1.165, 1.54) is 0 Å². The molecule has 0 aromatic heterocycles. The van der Waals surface area contributed by atoms with Crippen molar-refractivity contribution in [3.63, 3.8) is 0 Å². The molecule has 4 heteroatoms. The minimum atomic E-state index is -0.637. The summed E-state index contributed by atoms with van der Waals surface area (Å²) in [6.45, 7) is 7.75. The summed E-state index contributed by atoms with van der Waals surface area (Å²) in [6, 6.07) is 20.0. The highest BCUT2D eigenvalue weighted by molar-refractivity contribution is 5.14. The summed E-state index contributed by atoms with van der Waals surface area (Å²) in [4.78, 5) is 0. The Balaban J connectivity index is 1.71. The van der Waals surface area contributed by atoms with E-state index in [-0.39, 0.29) is 17.8 Å². The number of aliphatic hydroxyl groups is 2. The molecule has 0 aliphatic rings. The van der Waals surface area contributed by atoms with Crippen molar-refractivity contribution in [1.29, 1.82) is 0 Å². The number of rotatable bonds is 12. The van der Waals surface area contributed by atoms with E-state index < -0.39 is 12.2 Å². The Kier molecular flexibility index (Phi) is 9.65. The topological polar surface area (TPSA) is 58.9 Å². The summed E-state index contributed by atoms with van der Waals surface area (Å²) in [5.74, 6) is -0.387. The van der Waals surface area contributed by atoms with E-state index in [0.29, 0.717) is 26.4 Å². The number of aliphatic hydroxyl groups excluding tert-OH is 2. The Morgan fingerprint density at radius 2 is 1.00 bits per heavy atom. The van der Waals surface area contributed by atoms with Gasteiger partial charge in [-0.3, -0.25) is 0 Å². The van der Waals surface area contributed by atoms with Crippen LogP contribution in [-0.4, -0.2) is 35.6 Å². The van der Waals surface area contributed by atoms with Crippen LogP contribution in [0.1, 0.15) is 31.9 Å². The van der Waals surface area contributed by atoms with Crippen molar-refractivity contribution < 1.29 is 19.7 Å². The van der Waals surface area contributed by atoms with E-state index in [1.54, 1.807) is 0 Å². The van der Waals surface area contributed by atoms with Crippen LogP contribution in [0.25, 0.3) is 0 Å². The molecule has 0 radical (unpaired) electrons. The SMILES string of the molecule is CC([C@@H](O)[C@@H](C)COCc1ccccc1)[C@@H](O)[C@@H](C)COCc1ccccc1.